The summed E-state index contributed by atoms with van der Waals surface area (Å²) in [7, 11) is 1.45. The van der Waals surface area contributed by atoms with Gasteiger partial charge in [0.25, 0.3) is 0 Å². The Labute approximate surface area is 266 Å². The summed E-state index contributed by atoms with van der Waals surface area (Å²) in [6.07, 6.45) is 4.45. The predicted molar refractivity (Wildman–Crippen MR) is 168 cm³/mol. The molecule has 1 aliphatic carbocycles. The van der Waals surface area contributed by atoms with E-state index >= 15 is 4.39 Å². The molecule has 3 N–H and O–H groups in total. The van der Waals surface area contributed by atoms with Gasteiger partial charge >= 0.3 is 5.97 Å². The summed E-state index contributed by atoms with van der Waals surface area (Å²) in [6, 6.07) is 17.4. The zero-order valence-corrected chi connectivity index (χ0v) is 25.6. The van der Waals surface area contributed by atoms with Crippen LogP contribution in [0.3, 0.4) is 0 Å². The number of methoxy groups -OCH3 is 1. The quantitative estimate of drug-likeness (QED) is 0.173. The number of ether oxygens (including phenoxy) is 2. The van der Waals surface area contributed by atoms with Crippen LogP contribution in [-0.2, 0) is 30.8 Å². The van der Waals surface area contributed by atoms with Crippen LogP contribution in [0.25, 0.3) is 11.1 Å². The van der Waals surface area contributed by atoms with E-state index in [1.165, 1.54) is 13.3 Å². The Kier molecular flexibility index (Phi) is 9.99. The lowest BCUT2D eigenvalue weighted by Crippen LogP contribution is -2.39. The molecule has 1 heterocycles. The third-order valence-electron chi connectivity index (χ3n) is 8.31. The highest BCUT2D eigenvalue weighted by molar-refractivity contribution is 6.31. The first-order chi connectivity index (χ1) is 21.7. The molecule has 3 unspecified atom stereocenters. The maximum atomic E-state index is 15.3. The first-order valence-corrected chi connectivity index (χ1v) is 14.9. The molecule has 45 heavy (non-hydrogen) atoms. The highest BCUT2D eigenvalue weighted by Crippen LogP contribution is 2.46. The van der Waals surface area contributed by atoms with E-state index in [0.29, 0.717) is 39.4 Å². The van der Waals surface area contributed by atoms with Crippen molar-refractivity contribution in [2.45, 2.75) is 44.9 Å². The summed E-state index contributed by atoms with van der Waals surface area (Å²) in [4.78, 5) is 15.6. The standard InChI is InChI=1S/C35H33ClFN3O5/c1-20-9-29-25(27-7-4-8-32(44-2)34(27)37)5-3-6-26(29)28(20)11-23-13-33(45-19-22-10-21(14-38)15-39-16-22)24(12-30(23)36)17-40-31(18-41)35(42)43/h3-8,10,12-13,15-16,20,28,31,40-41H,9,11,17-19H2,1-2H3,(H,42,43). The van der Waals surface area contributed by atoms with Crippen LogP contribution in [0.5, 0.6) is 11.5 Å². The molecule has 0 saturated heterocycles. The number of carboxylic acid groups (broad SMARTS) is 1. The van der Waals surface area contributed by atoms with Gasteiger partial charge < -0.3 is 19.7 Å². The predicted octanol–water partition coefficient (Wildman–Crippen LogP) is 6.05. The van der Waals surface area contributed by atoms with Gasteiger partial charge in [-0.15, -0.1) is 0 Å². The minimum absolute atomic E-state index is 0.0848. The largest absolute Gasteiger partial charge is 0.494 e. The lowest BCUT2D eigenvalue weighted by Gasteiger charge is -2.21. The second-order valence-corrected chi connectivity index (χ2v) is 11.6. The van der Waals surface area contributed by atoms with E-state index in [1.807, 2.05) is 18.2 Å². The van der Waals surface area contributed by atoms with Crippen molar-refractivity contribution >= 4 is 17.6 Å². The fourth-order valence-corrected chi connectivity index (χ4v) is 6.21. The molecule has 3 aromatic carbocycles. The number of halogens is 2. The molecule has 0 fully saturated rings. The van der Waals surface area contributed by atoms with E-state index in [2.05, 4.69) is 29.4 Å². The summed E-state index contributed by atoms with van der Waals surface area (Å²) in [5, 5.41) is 31.4. The Bertz CT molecular complexity index is 1760. The van der Waals surface area contributed by atoms with E-state index < -0.39 is 18.6 Å². The number of benzene rings is 3. The molecule has 5 rings (SSSR count). The second kappa shape index (κ2) is 14.1. The van der Waals surface area contributed by atoms with Crippen LogP contribution in [-0.4, -0.2) is 40.9 Å². The number of rotatable bonds is 12. The average molecular weight is 630 g/mol. The van der Waals surface area contributed by atoms with Gasteiger partial charge in [-0.25, -0.2) is 4.39 Å². The van der Waals surface area contributed by atoms with Crippen molar-refractivity contribution in [1.29, 1.82) is 5.26 Å². The van der Waals surface area contributed by atoms with Gasteiger partial charge in [-0.3, -0.25) is 15.1 Å². The lowest BCUT2D eigenvalue weighted by atomic mass is 9.87. The zero-order valence-electron chi connectivity index (χ0n) is 24.9. The minimum Gasteiger partial charge on any atom is -0.494 e. The number of hydrogen-bond acceptors (Lipinski definition) is 7. The van der Waals surface area contributed by atoms with Gasteiger partial charge in [-0.05, 0) is 71.2 Å². The molecular weight excluding hydrogens is 597 g/mol. The Morgan fingerprint density at radius 2 is 1.93 bits per heavy atom. The Balaban J connectivity index is 1.47. The molecule has 3 atom stereocenters. The van der Waals surface area contributed by atoms with Crippen molar-refractivity contribution < 1.29 is 28.9 Å². The Morgan fingerprint density at radius 3 is 2.67 bits per heavy atom. The SMILES string of the molecule is COc1cccc(-c2cccc3c2CC(C)C3Cc2cc(OCc3cncc(C#N)c3)c(CNC(CO)C(=O)O)cc2Cl)c1F. The average Bonchev–Trinajstić information content (AvgIpc) is 3.36. The van der Waals surface area contributed by atoms with Gasteiger partial charge in [0.1, 0.15) is 24.5 Å². The highest BCUT2D eigenvalue weighted by atomic mass is 35.5. The van der Waals surface area contributed by atoms with Gasteiger partial charge in [-0.2, -0.15) is 5.26 Å². The van der Waals surface area contributed by atoms with Gasteiger partial charge in [-0.1, -0.05) is 48.9 Å². The highest BCUT2D eigenvalue weighted by Gasteiger charge is 2.33. The van der Waals surface area contributed by atoms with Crippen LogP contribution < -0.4 is 14.8 Å². The lowest BCUT2D eigenvalue weighted by molar-refractivity contribution is -0.140. The van der Waals surface area contributed by atoms with Crippen LogP contribution in [0.2, 0.25) is 5.02 Å². The molecule has 0 bridgehead atoms. The third-order valence-corrected chi connectivity index (χ3v) is 8.66. The van der Waals surface area contributed by atoms with Crippen molar-refractivity contribution in [2.75, 3.05) is 13.7 Å². The van der Waals surface area contributed by atoms with Crippen LogP contribution in [0.4, 0.5) is 4.39 Å². The van der Waals surface area contributed by atoms with Gasteiger partial charge in [0.05, 0.1) is 19.3 Å². The van der Waals surface area contributed by atoms with E-state index in [4.69, 9.17) is 21.1 Å². The molecule has 4 aromatic rings. The molecular formula is C35H33ClFN3O5. The maximum Gasteiger partial charge on any atom is 0.323 e. The van der Waals surface area contributed by atoms with Crippen LogP contribution in [0.1, 0.15) is 46.2 Å². The number of carboxylic acids is 1. The number of aliphatic carboxylic acids is 1. The molecule has 1 aliphatic rings. The number of nitrogens with zero attached hydrogens (tertiary/aromatic N) is 2. The number of aromatic nitrogens is 1. The topological polar surface area (TPSA) is 125 Å². The first-order valence-electron chi connectivity index (χ1n) is 14.5. The van der Waals surface area contributed by atoms with Crippen LogP contribution in [0.15, 0.2) is 67.0 Å². The van der Waals surface area contributed by atoms with Gasteiger partial charge in [0.15, 0.2) is 11.6 Å². The number of aliphatic hydroxyl groups is 1. The summed E-state index contributed by atoms with van der Waals surface area (Å²) < 4.78 is 26.7. The monoisotopic (exact) mass is 629 g/mol. The number of carbonyl (C=O) groups is 1. The van der Waals surface area contributed by atoms with E-state index in [1.54, 1.807) is 36.5 Å². The van der Waals surface area contributed by atoms with Crippen molar-refractivity contribution in [3.8, 4) is 28.7 Å². The molecule has 232 valence electrons. The molecule has 0 radical (unpaired) electrons. The van der Waals surface area contributed by atoms with Crippen molar-refractivity contribution in [3.05, 3.63) is 111 Å². The summed E-state index contributed by atoms with van der Waals surface area (Å²) in [5.74, 6) is -0.526. The summed E-state index contributed by atoms with van der Waals surface area (Å²) in [5.41, 5.74) is 6.15. The second-order valence-electron chi connectivity index (χ2n) is 11.2. The Hall–Kier alpha value is -4.49. The molecule has 0 aliphatic heterocycles. The number of nitriles is 1. The van der Waals surface area contributed by atoms with Gasteiger partial charge in [0, 0.05) is 40.7 Å². The molecule has 0 amide bonds. The maximum absolute atomic E-state index is 15.3. The van der Waals surface area contributed by atoms with Gasteiger partial charge in [0.2, 0.25) is 0 Å². The molecule has 0 saturated carbocycles. The summed E-state index contributed by atoms with van der Waals surface area (Å²) in [6.45, 7) is 1.80. The number of pyridine rings is 1. The fraction of sp³-hybridized carbons (Fsp3) is 0.286. The Morgan fingerprint density at radius 1 is 1.16 bits per heavy atom. The fourth-order valence-electron chi connectivity index (χ4n) is 5.94. The smallest absolute Gasteiger partial charge is 0.323 e. The number of hydrogen-bond donors (Lipinski definition) is 3. The van der Waals surface area contributed by atoms with E-state index in [-0.39, 0.29) is 36.6 Å². The molecule has 1 aromatic heterocycles. The third kappa shape index (κ3) is 6.94. The summed E-state index contributed by atoms with van der Waals surface area (Å²) >= 11 is 6.85. The van der Waals surface area contributed by atoms with Crippen molar-refractivity contribution in [2.24, 2.45) is 5.92 Å². The molecule has 8 nitrogen and oxygen atoms in total. The normalized spacial score (nSPS) is 16.1. The zero-order chi connectivity index (χ0) is 32.1. The number of nitrogens with one attached hydrogen (secondary N) is 1. The van der Waals surface area contributed by atoms with E-state index in [9.17, 15) is 20.3 Å². The minimum atomic E-state index is -1.18. The number of fused-ring (bicyclic) bond motifs is 1. The molecule has 10 heteroatoms. The van der Waals surface area contributed by atoms with Crippen LogP contribution in [0, 0.1) is 23.1 Å². The van der Waals surface area contributed by atoms with Crippen LogP contribution >= 0.6 is 11.6 Å². The molecule has 0 spiro atoms. The van der Waals surface area contributed by atoms with Crippen molar-refractivity contribution in [1.82, 2.24) is 10.3 Å². The first kappa shape index (κ1) is 31.9. The van der Waals surface area contributed by atoms with Crippen molar-refractivity contribution in [3.63, 3.8) is 0 Å². The van der Waals surface area contributed by atoms with E-state index in [0.717, 1.165) is 28.7 Å². The number of aliphatic hydroxyl groups excluding tert-OH is 1.